The van der Waals surface area contributed by atoms with Gasteiger partial charge in [0.1, 0.15) is 0 Å². The van der Waals surface area contributed by atoms with Crippen LogP contribution in [0.25, 0.3) is 0 Å². The van der Waals surface area contributed by atoms with Crippen molar-refractivity contribution in [2.75, 3.05) is 26.2 Å². The largest absolute Gasteiger partial charge is 0.330 e. The molecule has 0 amide bonds. The zero-order valence-corrected chi connectivity index (χ0v) is 8.76. The summed E-state index contributed by atoms with van der Waals surface area (Å²) in [6.07, 6.45) is 7.38. The van der Waals surface area contributed by atoms with Gasteiger partial charge < -0.3 is 5.73 Å². The van der Waals surface area contributed by atoms with Crippen LogP contribution in [-0.4, -0.2) is 31.1 Å². The van der Waals surface area contributed by atoms with Gasteiger partial charge in [0.15, 0.2) is 0 Å². The van der Waals surface area contributed by atoms with Crippen molar-refractivity contribution in [3.05, 3.63) is 11.6 Å². The summed E-state index contributed by atoms with van der Waals surface area (Å²) in [5.74, 6) is 0. The van der Waals surface area contributed by atoms with Gasteiger partial charge in [0.25, 0.3) is 0 Å². The molecule has 0 aliphatic carbocycles. The predicted molar refractivity (Wildman–Crippen MR) is 57.7 cm³/mol. The first-order chi connectivity index (χ1) is 6.33. The van der Waals surface area contributed by atoms with Crippen LogP contribution in [0, 0.1) is 0 Å². The molecule has 1 heterocycles. The first kappa shape index (κ1) is 10.7. The molecule has 2 N–H and O–H groups in total. The number of rotatable bonds is 5. The lowest BCUT2D eigenvalue weighted by atomic mass is 10.1. The highest BCUT2D eigenvalue weighted by atomic mass is 15.1. The number of hydrogen-bond acceptors (Lipinski definition) is 2. The Labute approximate surface area is 81.8 Å². The van der Waals surface area contributed by atoms with Crippen molar-refractivity contribution in [1.82, 2.24) is 4.90 Å². The van der Waals surface area contributed by atoms with Crippen LogP contribution in [0.2, 0.25) is 0 Å². The van der Waals surface area contributed by atoms with E-state index in [0.717, 1.165) is 6.54 Å². The molecule has 0 fully saturated rings. The Morgan fingerprint density at radius 3 is 2.92 bits per heavy atom. The number of nitrogens with two attached hydrogens (primary N) is 1. The first-order valence-corrected chi connectivity index (χ1v) is 5.41. The Hall–Kier alpha value is -0.340. The maximum Gasteiger partial charge on any atom is 0.0190 e. The van der Waals surface area contributed by atoms with Crippen LogP contribution >= 0.6 is 0 Å². The Morgan fingerprint density at radius 2 is 2.23 bits per heavy atom. The molecule has 0 radical (unpaired) electrons. The quantitative estimate of drug-likeness (QED) is 0.518. The molecule has 2 heteroatoms. The summed E-state index contributed by atoms with van der Waals surface area (Å²) in [6, 6.07) is 0. The van der Waals surface area contributed by atoms with Crippen LogP contribution in [0.1, 0.15) is 32.6 Å². The molecule has 0 aromatic rings. The third kappa shape index (κ3) is 4.44. The third-order valence-corrected chi connectivity index (χ3v) is 2.59. The van der Waals surface area contributed by atoms with Crippen molar-refractivity contribution in [2.45, 2.75) is 32.6 Å². The zero-order chi connectivity index (χ0) is 9.52. The predicted octanol–water partition coefficient (Wildman–Crippen LogP) is 1.77. The van der Waals surface area contributed by atoms with E-state index in [1.165, 1.54) is 50.9 Å². The van der Waals surface area contributed by atoms with Crippen molar-refractivity contribution >= 4 is 0 Å². The molecule has 0 saturated carbocycles. The summed E-state index contributed by atoms with van der Waals surface area (Å²) < 4.78 is 0. The molecule has 76 valence electrons. The van der Waals surface area contributed by atoms with Crippen molar-refractivity contribution < 1.29 is 0 Å². The fraction of sp³-hybridized carbons (Fsp3) is 0.818. The molecule has 0 atom stereocenters. The lowest BCUT2D eigenvalue weighted by molar-refractivity contribution is 0.283. The normalized spacial score (nSPS) is 18.8. The van der Waals surface area contributed by atoms with E-state index in [0.29, 0.717) is 0 Å². The van der Waals surface area contributed by atoms with Gasteiger partial charge in [-0.15, -0.1) is 0 Å². The van der Waals surface area contributed by atoms with Crippen LogP contribution in [0.15, 0.2) is 11.6 Å². The molecular formula is C11H22N2. The van der Waals surface area contributed by atoms with E-state index in [9.17, 15) is 0 Å². The molecular weight excluding hydrogens is 160 g/mol. The summed E-state index contributed by atoms with van der Waals surface area (Å²) >= 11 is 0. The van der Waals surface area contributed by atoms with Gasteiger partial charge in [0, 0.05) is 13.1 Å². The van der Waals surface area contributed by atoms with Gasteiger partial charge in [0.05, 0.1) is 0 Å². The summed E-state index contributed by atoms with van der Waals surface area (Å²) in [6.45, 7) is 6.76. The van der Waals surface area contributed by atoms with Gasteiger partial charge in [-0.1, -0.05) is 18.1 Å². The minimum Gasteiger partial charge on any atom is -0.330 e. The molecule has 2 nitrogen and oxygen atoms in total. The van der Waals surface area contributed by atoms with Crippen LogP contribution < -0.4 is 5.73 Å². The first-order valence-electron chi connectivity index (χ1n) is 5.41. The van der Waals surface area contributed by atoms with E-state index in [2.05, 4.69) is 17.9 Å². The van der Waals surface area contributed by atoms with Gasteiger partial charge in [-0.3, -0.25) is 4.90 Å². The lowest BCUT2D eigenvalue weighted by Crippen LogP contribution is -2.30. The van der Waals surface area contributed by atoms with Gasteiger partial charge >= 0.3 is 0 Å². The van der Waals surface area contributed by atoms with Gasteiger partial charge in [-0.25, -0.2) is 0 Å². The summed E-state index contributed by atoms with van der Waals surface area (Å²) in [5, 5.41) is 0. The average Bonchev–Trinajstić information content (AvgIpc) is 2.13. The minimum absolute atomic E-state index is 0.846. The number of nitrogens with zero attached hydrogens (tertiary/aromatic N) is 1. The van der Waals surface area contributed by atoms with E-state index < -0.39 is 0 Å². The highest BCUT2D eigenvalue weighted by molar-refractivity contribution is 5.04. The maximum atomic E-state index is 5.45. The average molecular weight is 182 g/mol. The third-order valence-electron chi connectivity index (χ3n) is 2.59. The molecule has 1 rings (SSSR count). The maximum absolute atomic E-state index is 5.45. The highest BCUT2D eigenvalue weighted by Gasteiger charge is 2.08. The fourth-order valence-electron chi connectivity index (χ4n) is 1.84. The summed E-state index contributed by atoms with van der Waals surface area (Å²) in [7, 11) is 0. The molecule has 0 aromatic heterocycles. The molecule has 0 saturated heterocycles. The standard InChI is InChI=1S/C11H22N2/c1-11-6-5-9-13(10-11)8-4-2-3-7-12/h6H,2-5,7-10,12H2,1H3. The second-order valence-corrected chi connectivity index (χ2v) is 3.96. The van der Waals surface area contributed by atoms with Gasteiger partial charge in [0.2, 0.25) is 0 Å². The van der Waals surface area contributed by atoms with Crippen LogP contribution in [0.5, 0.6) is 0 Å². The molecule has 13 heavy (non-hydrogen) atoms. The van der Waals surface area contributed by atoms with E-state index in [4.69, 9.17) is 5.73 Å². The van der Waals surface area contributed by atoms with Crippen molar-refractivity contribution in [1.29, 1.82) is 0 Å². The summed E-state index contributed by atoms with van der Waals surface area (Å²) in [4.78, 5) is 2.55. The topological polar surface area (TPSA) is 29.3 Å². The van der Waals surface area contributed by atoms with Crippen LogP contribution in [0.4, 0.5) is 0 Å². The zero-order valence-electron chi connectivity index (χ0n) is 8.76. The van der Waals surface area contributed by atoms with E-state index >= 15 is 0 Å². The smallest absolute Gasteiger partial charge is 0.0190 e. The molecule has 1 aliphatic heterocycles. The van der Waals surface area contributed by atoms with Crippen molar-refractivity contribution in [3.8, 4) is 0 Å². The molecule has 0 bridgehead atoms. The van der Waals surface area contributed by atoms with E-state index in [1.54, 1.807) is 0 Å². The molecule has 0 aromatic carbocycles. The van der Waals surface area contributed by atoms with E-state index in [-0.39, 0.29) is 0 Å². The second kappa shape index (κ2) is 6.17. The fourth-order valence-corrected chi connectivity index (χ4v) is 1.84. The lowest BCUT2D eigenvalue weighted by Gasteiger charge is -2.25. The Bertz CT molecular complexity index is 163. The summed E-state index contributed by atoms with van der Waals surface area (Å²) in [5.41, 5.74) is 6.98. The molecule has 0 unspecified atom stereocenters. The van der Waals surface area contributed by atoms with Crippen molar-refractivity contribution in [2.24, 2.45) is 5.73 Å². The van der Waals surface area contributed by atoms with Crippen LogP contribution in [-0.2, 0) is 0 Å². The van der Waals surface area contributed by atoms with Gasteiger partial charge in [-0.05, 0) is 39.3 Å². The van der Waals surface area contributed by atoms with Crippen LogP contribution in [0.3, 0.4) is 0 Å². The Balaban J connectivity index is 2.05. The highest BCUT2D eigenvalue weighted by Crippen LogP contribution is 2.09. The second-order valence-electron chi connectivity index (χ2n) is 3.96. The van der Waals surface area contributed by atoms with Gasteiger partial charge in [-0.2, -0.15) is 0 Å². The minimum atomic E-state index is 0.846. The SMILES string of the molecule is CC1=CCCN(CCCCCN)C1. The Morgan fingerprint density at radius 1 is 1.38 bits per heavy atom. The monoisotopic (exact) mass is 182 g/mol. The Kier molecular flexibility index (Phi) is 5.09. The molecule has 1 aliphatic rings. The molecule has 0 spiro atoms. The number of hydrogen-bond donors (Lipinski definition) is 1. The number of unbranched alkanes of at least 4 members (excludes halogenated alkanes) is 2. The van der Waals surface area contributed by atoms with Crippen molar-refractivity contribution in [3.63, 3.8) is 0 Å². The van der Waals surface area contributed by atoms with E-state index in [1.807, 2.05) is 0 Å².